The first-order valence-corrected chi connectivity index (χ1v) is 7.61. The number of hydrogen-bond acceptors (Lipinski definition) is 6. The Bertz CT molecular complexity index is 766. The predicted octanol–water partition coefficient (Wildman–Crippen LogP) is 3.17. The first-order valence-electron chi connectivity index (χ1n) is 5.94. The van der Waals surface area contributed by atoms with E-state index in [1.165, 1.54) is 30.6 Å². The van der Waals surface area contributed by atoms with Gasteiger partial charge in [0.2, 0.25) is 0 Å². The molecule has 0 unspecified atom stereocenters. The molecule has 0 aliphatic heterocycles. The van der Waals surface area contributed by atoms with Crippen LogP contribution in [0.4, 0.5) is 5.13 Å². The Morgan fingerprint density at radius 3 is 2.95 bits per heavy atom. The molecule has 1 amide bonds. The number of carbonyl (C=O) groups excluding carboxylic acids is 1. The van der Waals surface area contributed by atoms with Crippen molar-refractivity contribution in [3.8, 4) is 17.6 Å². The summed E-state index contributed by atoms with van der Waals surface area (Å²) in [6, 6.07) is 4.78. The number of nitrogens with one attached hydrogen (secondary N) is 1. The zero-order valence-corrected chi connectivity index (χ0v) is 13.7. The summed E-state index contributed by atoms with van der Waals surface area (Å²) in [5, 5.41) is 23.6. The van der Waals surface area contributed by atoms with Crippen molar-refractivity contribution in [2.45, 2.75) is 0 Å². The van der Waals surface area contributed by atoms with Gasteiger partial charge in [0.05, 0.1) is 7.11 Å². The Kier molecular flexibility index (Phi) is 5.14. The quantitative estimate of drug-likeness (QED) is 0.628. The van der Waals surface area contributed by atoms with Crippen molar-refractivity contribution in [3.05, 3.63) is 39.3 Å². The average molecular weight is 380 g/mol. The minimum Gasteiger partial charge on any atom is -0.504 e. The second kappa shape index (κ2) is 7.06. The summed E-state index contributed by atoms with van der Waals surface area (Å²) in [6.07, 6.45) is 2.92. The molecule has 0 saturated heterocycles. The fourth-order valence-electron chi connectivity index (χ4n) is 1.59. The van der Waals surface area contributed by atoms with E-state index in [-0.39, 0.29) is 17.1 Å². The number of amides is 1. The van der Waals surface area contributed by atoms with Gasteiger partial charge in [0.15, 0.2) is 16.6 Å². The van der Waals surface area contributed by atoms with Crippen LogP contribution in [0.2, 0.25) is 0 Å². The SMILES string of the molecule is COc1cc(Br)c(/C=C(\C#N)C(=O)Nc2nccs2)cc1O. The third kappa shape index (κ3) is 3.63. The maximum absolute atomic E-state index is 12.0. The van der Waals surface area contributed by atoms with Crippen LogP contribution < -0.4 is 10.1 Å². The van der Waals surface area contributed by atoms with Crippen LogP contribution in [-0.2, 0) is 4.79 Å². The molecule has 2 rings (SSSR count). The molecule has 0 aliphatic carbocycles. The van der Waals surface area contributed by atoms with Gasteiger partial charge in [-0.25, -0.2) is 4.98 Å². The number of nitrogens with zero attached hydrogens (tertiary/aromatic N) is 2. The van der Waals surface area contributed by atoms with Crippen LogP contribution >= 0.6 is 27.3 Å². The number of rotatable bonds is 4. The molecular weight excluding hydrogens is 370 g/mol. The van der Waals surface area contributed by atoms with Crippen molar-refractivity contribution < 1.29 is 14.6 Å². The molecule has 1 aromatic carbocycles. The van der Waals surface area contributed by atoms with Crippen LogP contribution in [0, 0.1) is 11.3 Å². The summed E-state index contributed by atoms with van der Waals surface area (Å²) in [5.74, 6) is -0.371. The van der Waals surface area contributed by atoms with E-state index in [1.54, 1.807) is 17.6 Å². The third-order valence-corrected chi connectivity index (χ3v) is 3.99. The van der Waals surface area contributed by atoms with E-state index in [2.05, 4.69) is 26.2 Å². The Hall–Kier alpha value is -2.37. The number of thiazole rings is 1. The zero-order valence-electron chi connectivity index (χ0n) is 11.3. The first kappa shape index (κ1) is 16.0. The number of anilines is 1. The molecule has 0 fully saturated rings. The molecule has 112 valence electrons. The maximum Gasteiger partial charge on any atom is 0.268 e. The van der Waals surface area contributed by atoms with Gasteiger partial charge in [-0.2, -0.15) is 5.26 Å². The minimum absolute atomic E-state index is 0.0884. The van der Waals surface area contributed by atoms with Gasteiger partial charge in [0, 0.05) is 16.0 Å². The smallest absolute Gasteiger partial charge is 0.268 e. The largest absolute Gasteiger partial charge is 0.504 e. The third-order valence-electron chi connectivity index (χ3n) is 2.62. The number of hydrogen-bond donors (Lipinski definition) is 2. The number of aromatic nitrogens is 1. The lowest BCUT2D eigenvalue weighted by atomic mass is 10.1. The molecular formula is C14H10BrN3O3S. The van der Waals surface area contributed by atoms with Crippen LogP contribution in [0.15, 0.2) is 33.8 Å². The van der Waals surface area contributed by atoms with Gasteiger partial charge in [-0.05, 0) is 23.8 Å². The molecule has 0 spiro atoms. The lowest BCUT2D eigenvalue weighted by molar-refractivity contribution is -0.112. The fraction of sp³-hybridized carbons (Fsp3) is 0.0714. The highest BCUT2D eigenvalue weighted by Gasteiger charge is 2.13. The number of methoxy groups -OCH3 is 1. The van der Waals surface area contributed by atoms with Crippen LogP contribution in [0.3, 0.4) is 0 Å². The molecule has 0 aliphatic rings. The molecule has 0 saturated carbocycles. The van der Waals surface area contributed by atoms with E-state index in [0.29, 0.717) is 15.2 Å². The zero-order chi connectivity index (χ0) is 16.1. The van der Waals surface area contributed by atoms with Gasteiger partial charge in [-0.15, -0.1) is 11.3 Å². The normalized spacial score (nSPS) is 10.9. The van der Waals surface area contributed by atoms with E-state index in [4.69, 9.17) is 10.00 Å². The monoisotopic (exact) mass is 379 g/mol. The molecule has 2 N–H and O–H groups in total. The van der Waals surface area contributed by atoms with E-state index < -0.39 is 5.91 Å². The van der Waals surface area contributed by atoms with Gasteiger partial charge in [-0.1, -0.05) is 15.9 Å². The highest BCUT2D eigenvalue weighted by molar-refractivity contribution is 9.10. The molecule has 0 radical (unpaired) electrons. The van der Waals surface area contributed by atoms with Crippen molar-refractivity contribution in [2.75, 3.05) is 12.4 Å². The number of nitriles is 1. The second-order valence-corrected chi connectivity index (χ2v) is 5.76. The number of phenols is 1. The minimum atomic E-state index is -0.570. The molecule has 2 aromatic rings. The van der Waals surface area contributed by atoms with E-state index >= 15 is 0 Å². The average Bonchev–Trinajstić information content (AvgIpc) is 3.00. The molecule has 6 nitrogen and oxygen atoms in total. The number of halogens is 1. The Labute approximate surface area is 138 Å². The number of phenolic OH excluding ortho intramolecular Hbond substituents is 1. The fourth-order valence-corrected chi connectivity index (χ4v) is 2.55. The topological polar surface area (TPSA) is 95.2 Å². The van der Waals surface area contributed by atoms with Crippen molar-refractivity contribution in [3.63, 3.8) is 0 Å². The second-order valence-electron chi connectivity index (χ2n) is 4.01. The molecule has 1 aromatic heterocycles. The van der Waals surface area contributed by atoms with E-state index in [1.807, 2.05) is 6.07 Å². The molecule has 1 heterocycles. The van der Waals surface area contributed by atoms with E-state index in [9.17, 15) is 9.90 Å². The van der Waals surface area contributed by atoms with Gasteiger partial charge in [0.1, 0.15) is 11.6 Å². The highest BCUT2D eigenvalue weighted by atomic mass is 79.9. The van der Waals surface area contributed by atoms with Crippen LogP contribution in [0.5, 0.6) is 11.5 Å². The van der Waals surface area contributed by atoms with Crippen molar-refractivity contribution in [1.29, 1.82) is 5.26 Å². The Balaban J connectivity index is 2.31. The molecule has 0 bridgehead atoms. The van der Waals surface area contributed by atoms with Crippen molar-refractivity contribution >= 4 is 44.4 Å². The van der Waals surface area contributed by atoms with Crippen LogP contribution in [0.25, 0.3) is 6.08 Å². The predicted molar refractivity (Wildman–Crippen MR) is 86.7 cm³/mol. The summed E-state index contributed by atoms with van der Waals surface area (Å²) < 4.78 is 5.56. The van der Waals surface area contributed by atoms with Gasteiger partial charge >= 0.3 is 0 Å². The molecule has 22 heavy (non-hydrogen) atoms. The maximum atomic E-state index is 12.0. The Morgan fingerprint density at radius 2 is 2.36 bits per heavy atom. The number of aromatic hydroxyl groups is 1. The van der Waals surface area contributed by atoms with Crippen molar-refractivity contribution in [2.24, 2.45) is 0 Å². The summed E-state index contributed by atoms with van der Waals surface area (Å²) in [7, 11) is 1.43. The van der Waals surface area contributed by atoms with Crippen molar-refractivity contribution in [1.82, 2.24) is 4.98 Å². The number of benzene rings is 1. The van der Waals surface area contributed by atoms with Crippen LogP contribution in [0.1, 0.15) is 5.56 Å². The lowest BCUT2D eigenvalue weighted by Gasteiger charge is -2.07. The van der Waals surface area contributed by atoms with Gasteiger partial charge in [-0.3, -0.25) is 10.1 Å². The lowest BCUT2D eigenvalue weighted by Crippen LogP contribution is -2.13. The number of ether oxygens (including phenoxy) is 1. The molecule has 0 atom stereocenters. The Morgan fingerprint density at radius 1 is 1.59 bits per heavy atom. The standard InChI is InChI=1S/C14H10BrN3O3S/c1-21-12-6-10(15)8(5-11(12)19)4-9(7-16)13(20)18-14-17-2-3-22-14/h2-6,19H,1H3,(H,17,18,20)/b9-4+. The van der Waals surface area contributed by atoms with Gasteiger partial charge < -0.3 is 9.84 Å². The summed E-state index contributed by atoms with van der Waals surface area (Å²) in [5.41, 5.74) is 0.365. The summed E-state index contributed by atoms with van der Waals surface area (Å²) >= 11 is 4.55. The summed E-state index contributed by atoms with van der Waals surface area (Å²) in [4.78, 5) is 15.9. The summed E-state index contributed by atoms with van der Waals surface area (Å²) in [6.45, 7) is 0. The molecule has 8 heteroatoms. The highest BCUT2D eigenvalue weighted by Crippen LogP contribution is 2.33. The van der Waals surface area contributed by atoms with E-state index in [0.717, 1.165) is 0 Å². The van der Waals surface area contributed by atoms with Gasteiger partial charge in [0.25, 0.3) is 5.91 Å². The number of carbonyl (C=O) groups is 1. The first-order chi connectivity index (χ1) is 10.5. The van der Waals surface area contributed by atoms with Crippen LogP contribution in [-0.4, -0.2) is 23.1 Å².